The summed E-state index contributed by atoms with van der Waals surface area (Å²) >= 11 is 2.03. The van der Waals surface area contributed by atoms with Crippen molar-refractivity contribution in [2.24, 2.45) is 0 Å². The van der Waals surface area contributed by atoms with Gasteiger partial charge in [0.15, 0.2) is 0 Å². The van der Waals surface area contributed by atoms with Crippen molar-refractivity contribution in [3.05, 3.63) is 149 Å². The van der Waals surface area contributed by atoms with Gasteiger partial charge in [-0.15, -0.1) is 11.3 Å². The molecular weight excluding hydrogens is 856 g/mol. The molecule has 5 heteroatoms. The molecule has 2 aliphatic heterocycles. The van der Waals surface area contributed by atoms with Crippen LogP contribution in [0.5, 0.6) is 0 Å². The van der Waals surface area contributed by atoms with Crippen LogP contribution in [0.15, 0.2) is 126 Å². The van der Waals surface area contributed by atoms with E-state index in [1.54, 1.807) is 0 Å². The highest BCUT2D eigenvalue weighted by atomic mass is 32.1. The van der Waals surface area contributed by atoms with Crippen LogP contribution < -0.4 is 15.1 Å². The summed E-state index contributed by atoms with van der Waals surface area (Å²) in [5.41, 5.74) is 21.6. The molecule has 3 aliphatic rings. The third-order valence-electron chi connectivity index (χ3n) is 16.7. The minimum atomic E-state index is -0.0885. The van der Waals surface area contributed by atoms with Crippen LogP contribution in [0, 0.1) is 0 Å². The van der Waals surface area contributed by atoms with Gasteiger partial charge in [-0.2, -0.15) is 0 Å². The average molecular weight is 919 g/mol. The number of furan rings is 1. The largest absolute Gasteiger partial charge is 0.456 e. The molecule has 0 amide bonds. The van der Waals surface area contributed by atoms with E-state index in [0.29, 0.717) is 0 Å². The molecule has 10 aromatic rings. The molecule has 0 spiro atoms. The van der Waals surface area contributed by atoms with Gasteiger partial charge in [0.1, 0.15) is 11.2 Å². The van der Waals surface area contributed by atoms with Crippen molar-refractivity contribution in [2.75, 3.05) is 4.90 Å². The minimum Gasteiger partial charge on any atom is -0.456 e. The van der Waals surface area contributed by atoms with E-state index >= 15 is 0 Å². The highest BCUT2D eigenvalue weighted by molar-refractivity contribution is 7.32. The number of benzene rings is 7. The second kappa shape index (κ2) is 13.8. The molecule has 0 radical (unpaired) electrons. The summed E-state index contributed by atoms with van der Waals surface area (Å²) < 4.78 is 12.7. The van der Waals surface area contributed by atoms with E-state index in [2.05, 4.69) is 221 Å². The van der Waals surface area contributed by atoms with Crippen molar-refractivity contribution in [2.45, 2.75) is 130 Å². The fourth-order valence-electron chi connectivity index (χ4n) is 12.5. The smallest absolute Gasteiger partial charge is 0.343 e. The molecule has 0 saturated heterocycles. The highest BCUT2D eigenvalue weighted by Gasteiger charge is 2.48. The number of hydrogen-bond donors (Lipinski definition) is 0. The number of thiophene rings is 1. The van der Waals surface area contributed by atoms with E-state index in [9.17, 15) is 0 Å². The first-order valence-corrected chi connectivity index (χ1v) is 26.1. The molecule has 1 aliphatic carbocycles. The molecule has 5 heterocycles. The second-order valence-corrected chi connectivity index (χ2v) is 26.3. The normalized spacial score (nSPS) is 16.2. The number of rotatable bonds is 2. The highest BCUT2D eigenvalue weighted by Crippen LogP contribution is 2.56. The fraction of sp³-hybridized carbons (Fsp3) is 0.312. The number of aromatic nitrogens is 1. The molecule has 7 aromatic carbocycles. The summed E-state index contributed by atoms with van der Waals surface area (Å²) in [6, 6.07) is 47.3. The van der Waals surface area contributed by atoms with Crippen LogP contribution in [0.4, 0.5) is 17.1 Å². The molecular formula is C64H63BN2OS. The van der Waals surface area contributed by atoms with E-state index < -0.39 is 0 Å². The third kappa shape index (κ3) is 6.05. The van der Waals surface area contributed by atoms with Crippen LogP contribution >= 0.6 is 11.3 Å². The summed E-state index contributed by atoms with van der Waals surface area (Å²) in [6.45, 7) is 30.9. The second-order valence-electron chi connectivity index (χ2n) is 25.2. The van der Waals surface area contributed by atoms with Crippen LogP contribution in [0.25, 0.3) is 76.1 Å². The van der Waals surface area contributed by atoms with Crippen LogP contribution in [-0.4, -0.2) is 11.3 Å². The molecule has 344 valence electrons. The molecule has 3 nitrogen and oxygen atoms in total. The Balaban J connectivity index is 1.27. The molecule has 0 atom stereocenters. The van der Waals surface area contributed by atoms with Crippen LogP contribution in [-0.2, 0) is 27.1 Å². The number of nitrogens with zero attached hydrogens (tertiary/aromatic N) is 2. The van der Waals surface area contributed by atoms with E-state index in [4.69, 9.17) is 4.42 Å². The van der Waals surface area contributed by atoms with Crippen molar-refractivity contribution >= 4 is 99.3 Å². The molecule has 13 rings (SSSR count). The first-order valence-electron chi connectivity index (χ1n) is 25.3. The maximum atomic E-state index is 7.13. The molecule has 0 unspecified atom stereocenters. The zero-order valence-electron chi connectivity index (χ0n) is 42.7. The van der Waals surface area contributed by atoms with Gasteiger partial charge in [-0.1, -0.05) is 151 Å². The van der Waals surface area contributed by atoms with Crippen molar-refractivity contribution in [3.8, 4) is 22.3 Å². The topological polar surface area (TPSA) is 21.3 Å². The van der Waals surface area contributed by atoms with Gasteiger partial charge in [0.05, 0.1) is 11.4 Å². The maximum absolute atomic E-state index is 7.13. The van der Waals surface area contributed by atoms with E-state index in [1.807, 2.05) is 11.3 Å². The van der Waals surface area contributed by atoms with E-state index in [1.165, 1.54) is 126 Å². The van der Waals surface area contributed by atoms with Gasteiger partial charge < -0.3 is 13.8 Å². The Bertz CT molecular complexity index is 3850. The summed E-state index contributed by atoms with van der Waals surface area (Å²) in [5.74, 6) is 0. The van der Waals surface area contributed by atoms with Gasteiger partial charge in [0.25, 0.3) is 0 Å². The van der Waals surface area contributed by atoms with Crippen molar-refractivity contribution < 1.29 is 4.42 Å². The predicted octanol–water partition coefficient (Wildman–Crippen LogP) is 17.2. The Labute approximate surface area is 412 Å². The van der Waals surface area contributed by atoms with Gasteiger partial charge in [-0.3, -0.25) is 0 Å². The quantitative estimate of drug-likeness (QED) is 0.161. The Morgan fingerprint density at radius 2 is 1.17 bits per heavy atom. The lowest BCUT2D eigenvalue weighted by molar-refractivity contribution is 0.332. The Kier molecular flexibility index (Phi) is 8.63. The first kappa shape index (κ1) is 43.0. The number of anilines is 3. The predicted molar refractivity (Wildman–Crippen MR) is 299 cm³/mol. The van der Waals surface area contributed by atoms with Gasteiger partial charge in [0.2, 0.25) is 0 Å². The number of fused-ring (bicyclic) bond motifs is 14. The minimum absolute atomic E-state index is 0.00504. The number of para-hydroxylation sites is 1. The fourth-order valence-corrected chi connectivity index (χ4v) is 13.9. The molecule has 69 heavy (non-hydrogen) atoms. The molecule has 0 fully saturated rings. The van der Waals surface area contributed by atoms with E-state index in [0.717, 1.165) is 17.6 Å². The third-order valence-corrected chi connectivity index (χ3v) is 17.9. The summed E-state index contributed by atoms with van der Waals surface area (Å²) in [4.78, 5) is 2.69. The van der Waals surface area contributed by atoms with E-state index in [-0.39, 0.29) is 33.9 Å². The average Bonchev–Trinajstić information content (AvgIpc) is 3.97. The summed E-state index contributed by atoms with van der Waals surface area (Å²) in [7, 11) is 0. The van der Waals surface area contributed by atoms with Gasteiger partial charge >= 0.3 is 6.85 Å². The SMILES string of the molecule is CC(C)(C)c1ccc(N2c3cc4oc5ccccc5c4c4c3B(c3sc5cc6c(cc5c32)C(C)(C)CCC6(C)C)n2c3ccc(C(C)(C)C)cc3c3cc(C(C)(C)C)cc-4c32)c(-c2ccccc2)c1. The summed E-state index contributed by atoms with van der Waals surface area (Å²) in [6.07, 6.45) is 2.34. The van der Waals surface area contributed by atoms with Crippen molar-refractivity contribution in [1.29, 1.82) is 0 Å². The zero-order valence-corrected chi connectivity index (χ0v) is 43.6. The molecule has 0 bridgehead atoms. The van der Waals surface area contributed by atoms with Crippen LogP contribution in [0.1, 0.15) is 131 Å². The Morgan fingerprint density at radius 1 is 0.551 bits per heavy atom. The zero-order chi connectivity index (χ0) is 48.1. The standard InChI is InChI=1S/C64H63BN2OS/c1-60(2,3)37-23-25-48(41(29-37)36-19-15-14-16-20-36)66-50-35-52-54(40-21-17-18-22-51(40)68-52)55-45-32-39(62(7,8)9)31-43-42-30-38(61(4,5)6)24-26-49(42)67(57(43)45)65(56(50)55)59-58(66)44-33-46-47(34-53(44)69-59)64(12,13)28-27-63(46,10)11/h14-26,29-35H,27-28H2,1-13H3. The molecule has 0 N–H and O–H groups in total. The first-order chi connectivity index (χ1) is 32.6. The lowest BCUT2D eigenvalue weighted by Crippen LogP contribution is -2.55. The Hall–Kier alpha value is -6.04. The Morgan fingerprint density at radius 3 is 1.88 bits per heavy atom. The number of hydrogen-bond acceptors (Lipinski definition) is 3. The summed E-state index contributed by atoms with van der Waals surface area (Å²) in [5, 5.41) is 6.39. The van der Waals surface area contributed by atoms with Crippen molar-refractivity contribution in [3.63, 3.8) is 0 Å². The van der Waals surface area contributed by atoms with Gasteiger partial charge in [-0.25, -0.2) is 0 Å². The van der Waals surface area contributed by atoms with Crippen LogP contribution in [0.3, 0.4) is 0 Å². The molecule has 3 aromatic heterocycles. The molecule has 0 saturated carbocycles. The van der Waals surface area contributed by atoms with Gasteiger partial charge in [0, 0.05) is 70.3 Å². The monoisotopic (exact) mass is 918 g/mol. The van der Waals surface area contributed by atoms with Crippen LogP contribution in [0.2, 0.25) is 0 Å². The van der Waals surface area contributed by atoms with Gasteiger partial charge in [-0.05, 0) is 139 Å². The maximum Gasteiger partial charge on any atom is 0.343 e. The lowest BCUT2D eigenvalue weighted by Gasteiger charge is -2.42. The van der Waals surface area contributed by atoms with Crippen molar-refractivity contribution in [1.82, 2.24) is 4.48 Å². The lowest BCUT2D eigenvalue weighted by atomic mass is 9.48.